The van der Waals surface area contributed by atoms with Gasteiger partial charge in [-0.3, -0.25) is 9.69 Å². The summed E-state index contributed by atoms with van der Waals surface area (Å²) in [5, 5.41) is 2.91. The first-order valence-corrected chi connectivity index (χ1v) is 5.81. The molecule has 4 nitrogen and oxygen atoms in total. The Labute approximate surface area is 104 Å². The number of nitrogens with zero attached hydrogens (tertiary/aromatic N) is 1. The highest BCUT2D eigenvalue weighted by Crippen LogP contribution is 2.00. The SMILES string of the molecule is CC(CN(C)CC(=O)NC(C)(C)C)C(N)=S. The second-order valence-corrected chi connectivity index (χ2v) is 5.77. The van der Waals surface area contributed by atoms with Gasteiger partial charge in [0.05, 0.1) is 11.5 Å². The van der Waals surface area contributed by atoms with Crippen LogP contribution in [-0.4, -0.2) is 41.5 Å². The molecular formula is C11H23N3OS. The van der Waals surface area contributed by atoms with Gasteiger partial charge in [-0.1, -0.05) is 19.1 Å². The Kier molecular flexibility index (Phi) is 5.89. The van der Waals surface area contributed by atoms with Gasteiger partial charge in [-0.25, -0.2) is 0 Å². The average molecular weight is 245 g/mol. The molecule has 0 aromatic rings. The van der Waals surface area contributed by atoms with Crippen LogP contribution in [-0.2, 0) is 4.79 Å². The second kappa shape index (κ2) is 6.15. The van der Waals surface area contributed by atoms with Gasteiger partial charge in [0, 0.05) is 18.0 Å². The van der Waals surface area contributed by atoms with E-state index in [-0.39, 0.29) is 17.4 Å². The number of amides is 1. The van der Waals surface area contributed by atoms with Crippen molar-refractivity contribution in [3.05, 3.63) is 0 Å². The summed E-state index contributed by atoms with van der Waals surface area (Å²) in [5.41, 5.74) is 5.33. The first-order valence-electron chi connectivity index (χ1n) is 5.40. The molecule has 16 heavy (non-hydrogen) atoms. The number of carbonyl (C=O) groups excluding carboxylic acids is 1. The van der Waals surface area contributed by atoms with Gasteiger partial charge in [0.1, 0.15) is 0 Å². The van der Waals surface area contributed by atoms with Crippen LogP contribution in [0.25, 0.3) is 0 Å². The van der Waals surface area contributed by atoms with E-state index >= 15 is 0 Å². The fraction of sp³-hybridized carbons (Fsp3) is 0.818. The molecule has 94 valence electrons. The number of carbonyl (C=O) groups is 1. The first kappa shape index (κ1) is 15.3. The van der Waals surface area contributed by atoms with Gasteiger partial charge in [-0.2, -0.15) is 0 Å². The molecule has 0 aliphatic heterocycles. The van der Waals surface area contributed by atoms with Crippen LogP contribution in [0.1, 0.15) is 27.7 Å². The summed E-state index contributed by atoms with van der Waals surface area (Å²) < 4.78 is 0. The molecule has 1 unspecified atom stereocenters. The third-order valence-corrected chi connectivity index (χ3v) is 2.40. The predicted molar refractivity (Wildman–Crippen MR) is 71.3 cm³/mol. The number of likely N-dealkylation sites (N-methyl/N-ethyl adjacent to an activating group) is 1. The Morgan fingerprint density at radius 3 is 2.38 bits per heavy atom. The van der Waals surface area contributed by atoms with E-state index in [4.69, 9.17) is 18.0 Å². The standard InChI is InChI=1S/C11H23N3OS/c1-8(10(12)16)6-14(5)7-9(15)13-11(2,3)4/h8H,6-7H2,1-5H3,(H2,12,16)(H,13,15). The highest BCUT2D eigenvalue weighted by molar-refractivity contribution is 7.80. The molecule has 0 bridgehead atoms. The van der Waals surface area contributed by atoms with Crippen LogP contribution < -0.4 is 11.1 Å². The van der Waals surface area contributed by atoms with Crippen molar-refractivity contribution in [2.45, 2.75) is 33.2 Å². The normalized spacial score (nSPS) is 13.6. The van der Waals surface area contributed by atoms with Gasteiger partial charge in [0.2, 0.25) is 5.91 Å². The quantitative estimate of drug-likeness (QED) is 0.702. The molecule has 3 N–H and O–H groups in total. The summed E-state index contributed by atoms with van der Waals surface area (Å²) in [7, 11) is 1.89. The van der Waals surface area contributed by atoms with E-state index in [1.165, 1.54) is 0 Å². The molecule has 0 saturated carbocycles. The van der Waals surface area contributed by atoms with Gasteiger partial charge < -0.3 is 11.1 Å². The minimum Gasteiger partial charge on any atom is -0.393 e. The molecule has 1 amide bonds. The third kappa shape index (κ3) is 7.59. The highest BCUT2D eigenvalue weighted by Gasteiger charge is 2.16. The lowest BCUT2D eigenvalue weighted by Crippen LogP contribution is -2.46. The van der Waals surface area contributed by atoms with Crippen LogP contribution in [0.15, 0.2) is 0 Å². The summed E-state index contributed by atoms with van der Waals surface area (Å²) >= 11 is 4.89. The summed E-state index contributed by atoms with van der Waals surface area (Å²) in [6, 6.07) is 0. The Morgan fingerprint density at radius 1 is 1.50 bits per heavy atom. The van der Waals surface area contributed by atoms with Crippen molar-refractivity contribution in [2.75, 3.05) is 20.1 Å². The number of rotatable bonds is 5. The lowest BCUT2D eigenvalue weighted by atomic mass is 10.1. The molecule has 0 radical (unpaired) electrons. The monoisotopic (exact) mass is 245 g/mol. The van der Waals surface area contributed by atoms with Crippen molar-refractivity contribution in [2.24, 2.45) is 11.7 Å². The molecule has 0 aromatic heterocycles. The van der Waals surface area contributed by atoms with Crippen molar-refractivity contribution in [3.8, 4) is 0 Å². The van der Waals surface area contributed by atoms with E-state index < -0.39 is 0 Å². The van der Waals surface area contributed by atoms with Crippen molar-refractivity contribution >= 4 is 23.1 Å². The Hall–Kier alpha value is -0.680. The first-order chi connectivity index (χ1) is 7.11. The lowest BCUT2D eigenvalue weighted by Gasteiger charge is -2.24. The molecule has 5 heteroatoms. The Bertz CT molecular complexity index is 260. The van der Waals surface area contributed by atoms with Crippen molar-refractivity contribution < 1.29 is 4.79 Å². The highest BCUT2D eigenvalue weighted by atomic mass is 32.1. The number of nitrogens with one attached hydrogen (secondary N) is 1. The van der Waals surface area contributed by atoms with E-state index in [0.29, 0.717) is 18.1 Å². The maximum atomic E-state index is 11.6. The Morgan fingerprint density at radius 2 is 2.00 bits per heavy atom. The molecular weight excluding hydrogens is 222 g/mol. The molecule has 0 aliphatic carbocycles. The molecule has 0 heterocycles. The van der Waals surface area contributed by atoms with Crippen LogP contribution in [0.5, 0.6) is 0 Å². The van der Waals surface area contributed by atoms with Gasteiger partial charge in [0.15, 0.2) is 0 Å². The number of nitrogens with two attached hydrogens (primary N) is 1. The number of thiocarbonyl (C=S) groups is 1. The van der Waals surface area contributed by atoms with E-state index in [9.17, 15) is 4.79 Å². The summed E-state index contributed by atoms with van der Waals surface area (Å²) in [6.07, 6.45) is 0. The molecule has 0 saturated heterocycles. The van der Waals surface area contributed by atoms with Crippen LogP contribution in [0.2, 0.25) is 0 Å². The van der Waals surface area contributed by atoms with Crippen LogP contribution >= 0.6 is 12.2 Å². The largest absolute Gasteiger partial charge is 0.393 e. The minimum absolute atomic E-state index is 0.0186. The van der Waals surface area contributed by atoms with Gasteiger partial charge in [-0.15, -0.1) is 0 Å². The second-order valence-electron chi connectivity index (χ2n) is 5.30. The molecule has 0 fully saturated rings. The molecule has 0 spiro atoms. The van der Waals surface area contributed by atoms with Gasteiger partial charge in [-0.05, 0) is 27.8 Å². The van der Waals surface area contributed by atoms with Crippen molar-refractivity contribution in [1.29, 1.82) is 0 Å². The molecule has 0 aromatic carbocycles. The zero-order valence-corrected chi connectivity index (χ0v) is 11.6. The number of hydrogen-bond donors (Lipinski definition) is 2. The Balaban J connectivity index is 4.01. The summed E-state index contributed by atoms with van der Waals surface area (Å²) in [4.78, 5) is 14.0. The topological polar surface area (TPSA) is 58.4 Å². The van der Waals surface area contributed by atoms with E-state index in [2.05, 4.69) is 5.32 Å². The van der Waals surface area contributed by atoms with Crippen LogP contribution in [0.3, 0.4) is 0 Å². The van der Waals surface area contributed by atoms with E-state index in [0.717, 1.165) is 0 Å². The predicted octanol–water partition coefficient (Wildman–Crippen LogP) is 0.755. The molecule has 1 atom stereocenters. The third-order valence-electron chi connectivity index (χ3n) is 2.00. The van der Waals surface area contributed by atoms with E-state index in [1.54, 1.807) is 0 Å². The van der Waals surface area contributed by atoms with Crippen LogP contribution in [0, 0.1) is 5.92 Å². The smallest absolute Gasteiger partial charge is 0.234 e. The lowest BCUT2D eigenvalue weighted by molar-refractivity contribution is -0.123. The summed E-state index contributed by atoms with van der Waals surface area (Å²) in [6.45, 7) is 8.91. The maximum absolute atomic E-state index is 11.6. The average Bonchev–Trinajstić information content (AvgIpc) is 1.98. The van der Waals surface area contributed by atoms with Crippen molar-refractivity contribution in [1.82, 2.24) is 10.2 Å². The fourth-order valence-electron chi connectivity index (χ4n) is 1.32. The summed E-state index contributed by atoms with van der Waals surface area (Å²) in [5.74, 6) is 0.146. The van der Waals surface area contributed by atoms with Crippen molar-refractivity contribution in [3.63, 3.8) is 0 Å². The minimum atomic E-state index is -0.188. The maximum Gasteiger partial charge on any atom is 0.234 e. The van der Waals surface area contributed by atoms with Gasteiger partial charge >= 0.3 is 0 Å². The van der Waals surface area contributed by atoms with Crippen LogP contribution in [0.4, 0.5) is 0 Å². The van der Waals surface area contributed by atoms with Gasteiger partial charge in [0.25, 0.3) is 0 Å². The zero-order chi connectivity index (χ0) is 12.9. The number of hydrogen-bond acceptors (Lipinski definition) is 3. The fourth-order valence-corrected chi connectivity index (χ4v) is 1.40. The zero-order valence-electron chi connectivity index (χ0n) is 10.8. The van der Waals surface area contributed by atoms with E-state index in [1.807, 2.05) is 39.6 Å². The molecule has 0 rings (SSSR count). The molecule has 0 aliphatic rings.